The quantitative estimate of drug-likeness (QED) is 0.530. The Morgan fingerprint density at radius 2 is 1.86 bits per heavy atom. The van der Waals surface area contributed by atoms with Crippen LogP contribution in [0.3, 0.4) is 0 Å². The number of nitrogens with zero attached hydrogens (tertiary/aromatic N) is 6. The van der Waals surface area contributed by atoms with Crippen molar-refractivity contribution in [1.82, 2.24) is 24.7 Å². The molecule has 144 valence electrons. The minimum Gasteiger partial charge on any atom is -0.371 e. The van der Waals surface area contributed by atoms with E-state index in [1.807, 2.05) is 6.07 Å². The zero-order chi connectivity index (χ0) is 19.4. The molecule has 0 unspecified atom stereocenters. The normalized spacial score (nSPS) is 22.8. The number of rotatable bonds is 4. The summed E-state index contributed by atoms with van der Waals surface area (Å²) in [5.74, 6) is 2.67. The van der Waals surface area contributed by atoms with Crippen molar-refractivity contribution in [2.75, 3.05) is 18.0 Å². The van der Waals surface area contributed by atoms with Crippen LogP contribution < -0.4 is 10.5 Å². The highest BCUT2D eigenvalue weighted by molar-refractivity contribution is 5.72. The van der Waals surface area contributed by atoms with E-state index in [1.54, 1.807) is 18.3 Å². The average molecular weight is 386 g/mol. The second kappa shape index (κ2) is 6.23. The molecule has 0 spiro atoms. The SMILES string of the molecule is O=c1c2cccnc2ncn1Cc1nc([C@@H]2[C@@H]3CN(c4ccccc4)C[C@@H]32)no1. The van der Waals surface area contributed by atoms with Crippen molar-refractivity contribution in [3.8, 4) is 0 Å². The minimum absolute atomic E-state index is 0.162. The summed E-state index contributed by atoms with van der Waals surface area (Å²) in [6.45, 7) is 2.25. The van der Waals surface area contributed by atoms with Crippen molar-refractivity contribution >= 4 is 16.7 Å². The molecule has 1 aliphatic heterocycles. The lowest BCUT2D eigenvalue weighted by molar-refractivity contribution is 0.363. The predicted octanol–water partition coefficient (Wildman–Crippen LogP) is 2.07. The molecule has 6 rings (SSSR count). The minimum atomic E-state index is -0.162. The van der Waals surface area contributed by atoms with Crippen LogP contribution in [-0.4, -0.2) is 37.8 Å². The molecule has 2 fully saturated rings. The van der Waals surface area contributed by atoms with E-state index in [2.05, 4.69) is 49.3 Å². The molecule has 8 nitrogen and oxygen atoms in total. The Bertz CT molecular complexity index is 1240. The fourth-order valence-corrected chi connectivity index (χ4v) is 4.48. The fraction of sp³-hybridized carbons (Fsp3) is 0.286. The van der Waals surface area contributed by atoms with Crippen LogP contribution in [0.1, 0.15) is 17.6 Å². The summed E-state index contributed by atoms with van der Waals surface area (Å²) in [5, 5.41) is 4.67. The van der Waals surface area contributed by atoms with Gasteiger partial charge in [-0.3, -0.25) is 9.36 Å². The average Bonchev–Trinajstić information content (AvgIpc) is 3.11. The number of pyridine rings is 1. The maximum atomic E-state index is 12.6. The molecule has 3 atom stereocenters. The third kappa shape index (κ3) is 2.71. The molecule has 0 N–H and O–H groups in total. The van der Waals surface area contributed by atoms with E-state index in [0.717, 1.165) is 18.9 Å². The first-order chi connectivity index (χ1) is 14.3. The Morgan fingerprint density at radius 1 is 1.03 bits per heavy atom. The lowest BCUT2D eigenvalue weighted by atomic mass is 10.2. The maximum absolute atomic E-state index is 12.6. The fourth-order valence-electron chi connectivity index (χ4n) is 4.48. The van der Waals surface area contributed by atoms with Crippen LogP contribution in [0.15, 0.2) is 64.3 Å². The van der Waals surface area contributed by atoms with Crippen molar-refractivity contribution < 1.29 is 4.52 Å². The number of fused-ring (bicyclic) bond motifs is 2. The highest BCUT2D eigenvalue weighted by atomic mass is 16.5. The van der Waals surface area contributed by atoms with Gasteiger partial charge in [0.15, 0.2) is 11.5 Å². The molecule has 1 saturated heterocycles. The number of para-hydroxylation sites is 1. The molecule has 1 aliphatic carbocycles. The van der Waals surface area contributed by atoms with Gasteiger partial charge >= 0.3 is 0 Å². The van der Waals surface area contributed by atoms with Gasteiger partial charge in [0.25, 0.3) is 5.56 Å². The molecule has 4 aromatic rings. The summed E-state index contributed by atoms with van der Waals surface area (Å²) in [6, 6.07) is 13.9. The second-order valence-electron chi connectivity index (χ2n) is 7.69. The maximum Gasteiger partial charge on any atom is 0.263 e. The molecule has 0 radical (unpaired) electrons. The summed E-state index contributed by atoms with van der Waals surface area (Å²) in [6.07, 6.45) is 3.10. The van der Waals surface area contributed by atoms with Gasteiger partial charge in [0.1, 0.15) is 12.9 Å². The van der Waals surface area contributed by atoms with Crippen LogP contribution in [-0.2, 0) is 6.54 Å². The highest BCUT2D eigenvalue weighted by Gasteiger charge is 2.58. The van der Waals surface area contributed by atoms with Gasteiger partial charge < -0.3 is 9.42 Å². The number of benzene rings is 1. The molecule has 0 amide bonds. The van der Waals surface area contributed by atoms with E-state index in [9.17, 15) is 4.79 Å². The molecule has 1 aromatic carbocycles. The number of aromatic nitrogens is 5. The molecule has 3 aromatic heterocycles. The van der Waals surface area contributed by atoms with Crippen LogP contribution >= 0.6 is 0 Å². The van der Waals surface area contributed by atoms with Crippen molar-refractivity contribution in [2.24, 2.45) is 11.8 Å². The monoisotopic (exact) mass is 386 g/mol. The van der Waals surface area contributed by atoms with Crippen molar-refractivity contribution in [2.45, 2.75) is 12.5 Å². The lowest BCUT2D eigenvalue weighted by Gasteiger charge is -2.21. The molecule has 4 heterocycles. The molecule has 8 heteroatoms. The molecule has 2 aliphatic rings. The van der Waals surface area contributed by atoms with E-state index in [1.165, 1.54) is 16.6 Å². The third-order valence-electron chi connectivity index (χ3n) is 6.00. The molecular weight excluding hydrogens is 368 g/mol. The highest BCUT2D eigenvalue weighted by Crippen LogP contribution is 2.57. The first kappa shape index (κ1) is 16.4. The van der Waals surface area contributed by atoms with Gasteiger partial charge in [-0.2, -0.15) is 4.98 Å². The Hall–Kier alpha value is -3.55. The second-order valence-corrected chi connectivity index (χ2v) is 7.69. The van der Waals surface area contributed by atoms with Crippen LogP contribution in [0.2, 0.25) is 0 Å². The Labute approximate surface area is 165 Å². The Kier molecular flexibility index (Phi) is 3.53. The van der Waals surface area contributed by atoms with Crippen LogP contribution in [0.4, 0.5) is 5.69 Å². The summed E-state index contributed by atoms with van der Waals surface area (Å²) >= 11 is 0. The van der Waals surface area contributed by atoms with E-state index >= 15 is 0 Å². The lowest BCUT2D eigenvalue weighted by Crippen LogP contribution is -2.23. The van der Waals surface area contributed by atoms with Crippen molar-refractivity contribution in [1.29, 1.82) is 0 Å². The zero-order valence-electron chi connectivity index (χ0n) is 15.5. The predicted molar refractivity (Wildman–Crippen MR) is 106 cm³/mol. The first-order valence-electron chi connectivity index (χ1n) is 9.70. The van der Waals surface area contributed by atoms with Gasteiger partial charge in [0.05, 0.1) is 5.39 Å². The first-order valence-corrected chi connectivity index (χ1v) is 9.70. The standard InChI is InChI=1S/C21H18N6O2/c28-21-14-7-4-8-22-19(14)23-12-27(21)11-17-24-20(25-29-17)18-15-9-26(10-16(15)18)13-5-2-1-3-6-13/h1-8,12,15-16,18H,9-11H2/t15-,16+,18-. The van der Waals surface area contributed by atoms with Crippen LogP contribution in [0.5, 0.6) is 0 Å². The van der Waals surface area contributed by atoms with Crippen molar-refractivity contribution in [3.63, 3.8) is 0 Å². The van der Waals surface area contributed by atoms with E-state index in [-0.39, 0.29) is 12.1 Å². The van der Waals surface area contributed by atoms with Crippen LogP contribution in [0.25, 0.3) is 11.0 Å². The van der Waals surface area contributed by atoms with Gasteiger partial charge in [-0.15, -0.1) is 0 Å². The van der Waals surface area contributed by atoms with Gasteiger partial charge in [0.2, 0.25) is 5.89 Å². The molecule has 29 heavy (non-hydrogen) atoms. The summed E-state index contributed by atoms with van der Waals surface area (Å²) < 4.78 is 6.91. The Balaban J connectivity index is 1.17. The third-order valence-corrected chi connectivity index (χ3v) is 6.00. The van der Waals surface area contributed by atoms with Gasteiger partial charge in [-0.25, -0.2) is 9.97 Å². The summed E-state index contributed by atoms with van der Waals surface area (Å²) in [7, 11) is 0. The zero-order valence-corrected chi connectivity index (χ0v) is 15.5. The van der Waals surface area contributed by atoms with Crippen molar-refractivity contribution in [3.05, 3.63) is 77.1 Å². The van der Waals surface area contributed by atoms with E-state index in [0.29, 0.717) is 34.7 Å². The molecular formula is C21H18N6O2. The summed E-state index contributed by atoms with van der Waals surface area (Å²) in [5.41, 5.74) is 1.54. The number of hydrogen-bond donors (Lipinski definition) is 0. The van der Waals surface area contributed by atoms with E-state index < -0.39 is 0 Å². The number of hydrogen-bond acceptors (Lipinski definition) is 7. The largest absolute Gasteiger partial charge is 0.371 e. The van der Waals surface area contributed by atoms with Gasteiger partial charge in [-0.1, -0.05) is 23.4 Å². The number of piperidine rings is 1. The topological polar surface area (TPSA) is 89.9 Å². The van der Waals surface area contributed by atoms with E-state index in [4.69, 9.17) is 4.52 Å². The molecule has 1 saturated carbocycles. The van der Waals surface area contributed by atoms with Crippen LogP contribution in [0, 0.1) is 11.8 Å². The Morgan fingerprint density at radius 3 is 2.69 bits per heavy atom. The van der Waals surface area contributed by atoms with Gasteiger partial charge in [0, 0.05) is 30.9 Å². The summed E-state index contributed by atoms with van der Waals surface area (Å²) in [4.78, 5) is 27.9. The molecule has 0 bridgehead atoms. The number of anilines is 1. The smallest absolute Gasteiger partial charge is 0.263 e. The van der Waals surface area contributed by atoms with Gasteiger partial charge in [-0.05, 0) is 36.1 Å².